The number of carbonyl (C=O) groups is 1. The summed E-state index contributed by atoms with van der Waals surface area (Å²) in [7, 11) is 0. The molecule has 122 valence electrons. The number of hydrogen-bond donors (Lipinski definition) is 2. The van der Waals surface area contributed by atoms with E-state index in [9.17, 15) is 9.90 Å². The van der Waals surface area contributed by atoms with E-state index in [1.54, 1.807) is 23.9 Å². The van der Waals surface area contributed by atoms with Crippen molar-refractivity contribution < 1.29 is 9.90 Å². The first kappa shape index (κ1) is 15.8. The van der Waals surface area contributed by atoms with Gasteiger partial charge in [0.25, 0.3) is 5.91 Å². The van der Waals surface area contributed by atoms with Crippen LogP contribution in [0.25, 0.3) is 5.69 Å². The lowest BCUT2D eigenvalue weighted by molar-refractivity contribution is 0.102. The van der Waals surface area contributed by atoms with Gasteiger partial charge >= 0.3 is 0 Å². The van der Waals surface area contributed by atoms with Gasteiger partial charge in [0, 0.05) is 11.8 Å². The van der Waals surface area contributed by atoms with E-state index in [-0.39, 0.29) is 12.3 Å². The Hall–Kier alpha value is -3.06. The molecule has 0 atom stereocenters. The summed E-state index contributed by atoms with van der Waals surface area (Å²) in [6.07, 6.45) is 3.04. The third-order valence-electron chi connectivity index (χ3n) is 3.72. The van der Waals surface area contributed by atoms with Gasteiger partial charge in [0.1, 0.15) is 0 Å². The van der Waals surface area contributed by atoms with Crippen molar-refractivity contribution in [3.63, 3.8) is 0 Å². The Morgan fingerprint density at radius 2 is 1.96 bits per heavy atom. The van der Waals surface area contributed by atoms with Crippen molar-refractivity contribution in [2.75, 3.05) is 5.32 Å². The van der Waals surface area contributed by atoms with Crippen LogP contribution in [-0.2, 0) is 6.61 Å². The first-order valence-corrected chi connectivity index (χ1v) is 7.44. The Morgan fingerprint density at radius 1 is 1.21 bits per heavy atom. The van der Waals surface area contributed by atoms with Gasteiger partial charge in [-0.05, 0) is 32.0 Å². The molecule has 3 aromatic rings. The third kappa shape index (κ3) is 3.02. The molecule has 0 spiro atoms. The van der Waals surface area contributed by atoms with E-state index in [1.807, 2.05) is 31.2 Å². The standard InChI is InChI=1S/C17H17N5O2/c1-11-3-5-14(6-4-11)22-12(2)16(20-21-22)17(24)19-15-9-18-8-7-13(15)10-23/h3-9,23H,10H2,1-2H3,(H,19,24). The Balaban J connectivity index is 1.87. The Labute approximate surface area is 139 Å². The SMILES string of the molecule is Cc1ccc(-n2nnc(C(=O)Nc3cnccc3CO)c2C)cc1. The molecule has 0 aliphatic heterocycles. The molecule has 7 nitrogen and oxygen atoms in total. The summed E-state index contributed by atoms with van der Waals surface area (Å²) in [4.78, 5) is 16.4. The minimum Gasteiger partial charge on any atom is -0.392 e. The number of aliphatic hydroxyl groups excluding tert-OH is 1. The van der Waals surface area contributed by atoms with Gasteiger partial charge < -0.3 is 10.4 Å². The summed E-state index contributed by atoms with van der Waals surface area (Å²) in [5, 5.41) is 20.1. The summed E-state index contributed by atoms with van der Waals surface area (Å²) in [6, 6.07) is 9.43. The molecule has 24 heavy (non-hydrogen) atoms. The number of pyridine rings is 1. The second kappa shape index (κ2) is 6.59. The lowest BCUT2D eigenvalue weighted by Crippen LogP contribution is -2.15. The van der Waals surface area contributed by atoms with E-state index < -0.39 is 5.91 Å². The van der Waals surface area contributed by atoms with E-state index in [1.165, 1.54) is 6.20 Å². The molecule has 2 aromatic heterocycles. The maximum Gasteiger partial charge on any atom is 0.278 e. The average molecular weight is 323 g/mol. The van der Waals surface area contributed by atoms with Crippen molar-refractivity contribution in [3.8, 4) is 5.69 Å². The van der Waals surface area contributed by atoms with Gasteiger partial charge in [0.15, 0.2) is 5.69 Å². The first-order valence-electron chi connectivity index (χ1n) is 7.44. The molecular weight excluding hydrogens is 306 g/mol. The van der Waals surface area contributed by atoms with Crippen LogP contribution >= 0.6 is 0 Å². The molecule has 0 bridgehead atoms. The second-order valence-electron chi connectivity index (χ2n) is 5.42. The maximum atomic E-state index is 12.5. The van der Waals surface area contributed by atoms with E-state index in [0.29, 0.717) is 16.9 Å². The van der Waals surface area contributed by atoms with Gasteiger partial charge in [0.2, 0.25) is 0 Å². The first-order chi connectivity index (χ1) is 11.6. The van der Waals surface area contributed by atoms with Crippen LogP contribution in [0.2, 0.25) is 0 Å². The van der Waals surface area contributed by atoms with Gasteiger partial charge in [-0.15, -0.1) is 5.10 Å². The number of nitrogens with one attached hydrogen (secondary N) is 1. The van der Waals surface area contributed by atoms with Gasteiger partial charge in [0.05, 0.1) is 29.9 Å². The van der Waals surface area contributed by atoms with Crippen LogP contribution in [0.5, 0.6) is 0 Å². The lowest BCUT2D eigenvalue weighted by Gasteiger charge is -2.08. The van der Waals surface area contributed by atoms with Crippen LogP contribution in [0, 0.1) is 13.8 Å². The summed E-state index contributed by atoms with van der Waals surface area (Å²) in [5.74, 6) is -0.395. The fourth-order valence-electron chi connectivity index (χ4n) is 2.33. The fraction of sp³-hybridized carbons (Fsp3) is 0.176. The molecule has 0 radical (unpaired) electrons. The molecule has 3 rings (SSSR count). The lowest BCUT2D eigenvalue weighted by atomic mass is 10.2. The molecule has 7 heteroatoms. The van der Waals surface area contributed by atoms with Crippen molar-refractivity contribution >= 4 is 11.6 Å². The molecule has 2 N–H and O–H groups in total. The number of aryl methyl sites for hydroxylation is 1. The van der Waals surface area contributed by atoms with Crippen LogP contribution < -0.4 is 5.32 Å². The van der Waals surface area contributed by atoms with Crippen LogP contribution in [0.1, 0.15) is 27.3 Å². The number of aliphatic hydroxyl groups is 1. The minimum absolute atomic E-state index is 0.187. The van der Waals surface area contributed by atoms with Gasteiger partial charge in [-0.2, -0.15) is 0 Å². The third-order valence-corrected chi connectivity index (χ3v) is 3.72. The molecule has 0 aliphatic carbocycles. The Bertz CT molecular complexity index is 871. The number of amides is 1. The van der Waals surface area contributed by atoms with Gasteiger partial charge in [-0.3, -0.25) is 9.78 Å². The number of carbonyl (C=O) groups excluding carboxylic acids is 1. The zero-order valence-corrected chi connectivity index (χ0v) is 13.4. The summed E-state index contributed by atoms with van der Waals surface area (Å²) in [6.45, 7) is 3.60. The Kier molecular flexibility index (Phi) is 4.35. The van der Waals surface area contributed by atoms with Crippen LogP contribution in [0.4, 0.5) is 5.69 Å². The maximum absolute atomic E-state index is 12.5. The van der Waals surface area contributed by atoms with E-state index in [0.717, 1.165) is 11.3 Å². The number of benzene rings is 1. The van der Waals surface area contributed by atoms with E-state index in [2.05, 4.69) is 20.6 Å². The minimum atomic E-state index is -0.395. The average Bonchev–Trinajstić information content (AvgIpc) is 2.98. The number of rotatable bonds is 4. The zero-order valence-electron chi connectivity index (χ0n) is 13.4. The molecule has 0 aliphatic rings. The van der Waals surface area contributed by atoms with Crippen LogP contribution in [0.15, 0.2) is 42.7 Å². The highest BCUT2D eigenvalue weighted by Gasteiger charge is 2.18. The highest BCUT2D eigenvalue weighted by atomic mass is 16.3. The molecule has 1 aromatic carbocycles. The number of aromatic nitrogens is 4. The number of hydrogen-bond acceptors (Lipinski definition) is 5. The smallest absolute Gasteiger partial charge is 0.278 e. The molecule has 0 unspecified atom stereocenters. The second-order valence-corrected chi connectivity index (χ2v) is 5.42. The predicted octanol–water partition coefficient (Wildman–Crippen LogP) is 2.02. The van der Waals surface area contributed by atoms with Crippen molar-refractivity contribution in [1.29, 1.82) is 0 Å². The van der Waals surface area contributed by atoms with Crippen LogP contribution in [-0.4, -0.2) is 31.0 Å². The van der Waals surface area contributed by atoms with Crippen molar-refractivity contribution in [2.45, 2.75) is 20.5 Å². The zero-order chi connectivity index (χ0) is 17.1. The molecule has 0 saturated carbocycles. The largest absolute Gasteiger partial charge is 0.392 e. The number of anilines is 1. The molecular formula is C17H17N5O2. The summed E-state index contributed by atoms with van der Waals surface area (Å²) in [5.41, 5.74) is 3.87. The number of nitrogens with zero attached hydrogens (tertiary/aromatic N) is 4. The van der Waals surface area contributed by atoms with E-state index >= 15 is 0 Å². The van der Waals surface area contributed by atoms with Crippen molar-refractivity contribution in [1.82, 2.24) is 20.0 Å². The topological polar surface area (TPSA) is 92.9 Å². The summed E-state index contributed by atoms with van der Waals surface area (Å²) < 4.78 is 1.62. The quantitative estimate of drug-likeness (QED) is 0.766. The highest BCUT2D eigenvalue weighted by Crippen LogP contribution is 2.17. The van der Waals surface area contributed by atoms with Gasteiger partial charge in [-0.1, -0.05) is 22.9 Å². The van der Waals surface area contributed by atoms with Crippen molar-refractivity contribution in [3.05, 3.63) is 65.2 Å². The van der Waals surface area contributed by atoms with Crippen molar-refractivity contribution in [2.24, 2.45) is 0 Å². The van der Waals surface area contributed by atoms with Crippen LogP contribution in [0.3, 0.4) is 0 Å². The summed E-state index contributed by atoms with van der Waals surface area (Å²) >= 11 is 0. The van der Waals surface area contributed by atoms with Gasteiger partial charge in [-0.25, -0.2) is 4.68 Å². The molecule has 2 heterocycles. The predicted molar refractivity (Wildman–Crippen MR) is 88.9 cm³/mol. The molecule has 1 amide bonds. The van der Waals surface area contributed by atoms with E-state index in [4.69, 9.17) is 0 Å². The molecule has 0 saturated heterocycles. The Morgan fingerprint density at radius 3 is 2.67 bits per heavy atom. The normalized spacial score (nSPS) is 10.6. The molecule has 0 fully saturated rings. The highest BCUT2D eigenvalue weighted by molar-refractivity contribution is 6.03. The fourth-order valence-corrected chi connectivity index (χ4v) is 2.33. The monoisotopic (exact) mass is 323 g/mol.